The Morgan fingerprint density at radius 2 is 2.00 bits per heavy atom. The predicted molar refractivity (Wildman–Crippen MR) is 96.5 cm³/mol. The van der Waals surface area contributed by atoms with Gasteiger partial charge in [0.2, 0.25) is 0 Å². The van der Waals surface area contributed by atoms with Crippen LogP contribution in [-0.4, -0.2) is 30.3 Å². The van der Waals surface area contributed by atoms with Gasteiger partial charge in [-0.2, -0.15) is 5.10 Å². The summed E-state index contributed by atoms with van der Waals surface area (Å²) in [6.07, 6.45) is 0. The normalized spacial score (nSPS) is 10.5. The summed E-state index contributed by atoms with van der Waals surface area (Å²) in [6.45, 7) is 0. The van der Waals surface area contributed by atoms with Crippen LogP contribution >= 0.6 is 11.6 Å². The molecule has 6 nitrogen and oxygen atoms in total. The monoisotopic (exact) mass is 375 g/mol. The number of rotatable bonds is 5. The Balaban J connectivity index is 1.88. The van der Waals surface area contributed by atoms with Gasteiger partial charge in [0.15, 0.2) is 5.69 Å². The lowest BCUT2D eigenvalue weighted by molar-refractivity contribution is 0.102. The number of H-pyrrole nitrogens is 1. The highest BCUT2D eigenvalue weighted by Gasteiger charge is 2.17. The fraction of sp³-hybridized carbons (Fsp3) is 0.111. The average molecular weight is 376 g/mol. The van der Waals surface area contributed by atoms with Gasteiger partial charge in [-0.1, -0.05) is 17.7 Å². The summed E-state index contributed by atoms with van der Waals surface area (Å²) < 4.78 is 24.4. The number of ether oxygens (including phenoxy) is 2. The van der Waals surface area contributed by atoms with E-state index in [0.717, 1.165) is 0 Å². The minimum absolute atomic E-state index is 0.0733. The molecular weight excluding hydrogens is 361 g/mol. The second kappa shape index (κ2) is 7.45. The van der Waals surface area contributed by atoms with E-state index < -0.39 is 11.7 Å². The van der Waals surface area contributed by atoms with Crippen LogP contribution in [0.5, 0.6) is 11.5 Å². The molecule has 26 heavy (non-hydrogen) atoms. The molecule has 2 aromatic carbocycles. The largest absolute Gasteiger partial charge is 0.497 e. The van der Waals surface area contributed by atoms with Crippen molar-refractivity contribution in [3.63, 3.8) is 0 Å². The Kier molecular flexibility index (Phi) is 5.09. The maximum atomic E-state index is 14.0. The van der Waals surface area contributed by atoms with Gasteiger partial charge in [0.05, 0.1) is 36.2 Å². The van der Waals surface area contributed by atoms with Gasteiger partial charge < -0.3 is 14.8 Å². The van der Waals surface area contributed by atoms with Gasteiger partial charge in [0.1, 0.15) is 17.3 Å². The fourth-order valence-electron chi connectivity index (χ4n) is 2.42. The summed E-state index contributed by atoms with van der Waals surface area (Å²) in [6, 6.07) is 10.8. The number of aromatic nitrogens is 2. The van der Waals surface area contributed by atoms with Crippen molar-refractivity contribution in [1.82, 2.24) is 10.2 Å². The van der Waals surface area contributed by atoms with Gasteiger partial charge >= 0.3 is 0 Å². The highest BCUT2D eigenvalue weighted by molar-refractivity contribution is 6.33. The highest BCUT2D eigenvalue weighted by atomic mass is 35.5. The first kappa shape index (κ1) is 17.8. The Morgan fingerprint density at radius 3 is 2.69 bits per heavy atom. The van der Waals surface area contributed by atoms with Crippen LogP contribution < -0.4 is 14.8 Å². The highest BCUT2D eigenvalue weighted by Crippen LogP contribution is 2.31. The third kappa shape index (κ3) is 3.48. The van der Waals surface area contributed by atoms with Crippen molar-refractivity contribution < 1.29 is 18.7 Å². The van der Waals surface area contributed by atoms with Crippen LogP contribution in [0.1, 0.15) is 10.5 Å². The van der Waals surface area contributed by atoms with Crippen molar-refractivity contribution in [2.24, 2.45) is 0 Å². The lowest BCUT2D eigenvalue weighted by Gasteiger charge is -2.10. The van der Waals surface area contributed by atoms with Crippen molar-refractivity contribution in [3.8, 4) is 22.8 Å². The number of hydrogen-bond acceptors (Lipinski definition) is 4. The first-order valence-corrected chi connectivity index (χ1v) is 7.94. The molecule has 0 aliphatic rings. The van der Waals surface area contributed by atoms with Gasteiger partial charge in [0.25, 0.3) is 5.91 Å². The molecule has 0 radical (unpaired) electrons. The third-order valence-electron chi connectivity index (χ3n) is 3.70. The molecule has 2 N–H and O–H groups in total. The number of methoxy groups -OCH3 is 2. The molecule has 0 saturated carbocycles. The first-order chi connectivity index (χ1) is 12.5. The van der Waals surface area contributed by atoms with Gasteiger partial charge in [-0.25, -0.2) is 4.39 Å². The molecule has 1 heterocycles. The van der Waals surface area contributed by atoms with Crippen molar-refractivity contribution in [2.45, 2.75) is 0 Å². The minimum Gasteiger partial charge on any atom is -0.497 e. The maximum Gasteiger partial charge on any atom is 0.276 e. The van der Waals surface area contributed by atoms with E-state index in [1.165, 1.54) is 32.4 Å². The Labute approximate surface area is 153 Å². The van der Waals surface area contributed by atoms with Crippen LogP contribution in [0.25, 0.3) is 11.3 Å². The number of benzene rings is 2. The zero-order chi connectivity index (χ0) is 18.7. The average Bonchev–Trinajstić information content (AvgIpc) is 3.11. The van der Waals surface area contributed by atoms with E-state index in [2.05, 4.69) is 15.5 Å². The predicted octanol–water partition coefficient (Wildman–Crippen LogP) is 4.14. The quantitative estimate of drug-likeness (QED) is 0.702. The third-order valence-corrected chi connectivity index (χ3v) is 4.01. The van der Waals surface area contributed by atoms with Crippen molar-refractivity contribution in [2.75, 3.05) is 19.5 Å². The van der Waals surface area contributed by atoms with E-state index in [4.69, 9.17) is 21.1 Å². The summed E-state index contributed by atoms with van der Waals surface area (Å²) in [5.41, 5.74) is 0.949. The second-order valence-corrected chi connectivity index (χ2v) is 5.69. The minimum atomic E-state index is -0.512. The lowest BCUT2D eigenvalue weighted by Crippen LogP contribution is -2.13. The van der Waals surface area contributed by atoms with Gasteiger partial charge in [-0.15, -0.1) is 0 Å². The number of halogens is 2. The summed E-state index contributed by atoms with van der Waals surface area (Å²) in [7, 11) is 3.01. The zero-order valence-corrected chi connectivity index (χ0v) is 14.7. The van der Waals surface area contributed by atoms with Gasteiger partial charge in [0, 0.05) is 6.07 Å². The number of amides is 1. The standard InChI is InChI=1S/C18H15ClFN3O3/c1-25-10-6-7-16(26-2)13(8-10)21-18(24)15-9-14(22-23-15)17-11(19)4-3-5-12(17)20/h3-9H,1-2H3,(H,21,24)(H,22,23). The molecule has 0 bridgehead atoms. The summed E-state index contributed by atoms with van der Waals surface area (Å²) >= 11 is 6.04. The molecular formula is C18H15ClFN3O3. The molecule has 0 aliphatic carbocycles. The van der Waals surface area contributed by atoms with E-state index in [1.54, 1.807) is 24.3 Å². The van der Waals surface area contributed by atoms with E-state index in [0.29, 0.717) is 22.9 Å². The summed E-state index contributed by atoms with van der Waals surface area (Å²) in [4.78, 5) is 12.5. The fourth-order valence-corrected chi connectivity index (χ4v) is 2.68. The van der Waals surface area contributed by atoms with Crippen LogP contribution in [0.3, 0.4) is 0 Å². The molecule has 134 valence electrons. The lowest BCUT2D eigenvalue weighted by atomic mass is 10.1. The number of nitrogens with zero attached hydrogens (tertiary/aromatic N) is 1. The molecule has 3 aromatic rings. The molecule has 0 unspecified atom stereocenters. The number of nitrogens with one attached hydrogen (secondary N) is 2. The number of hydrogen-bond donors (Lipinski definition) is 2. The number of carbonyl (C=O) groups is 1. The number of anilines is 1. The SMILES string of the molecule is COc1ccc(OC)c(NC(=O)c2cc(-c3c(F)cccc3Cl)[nH]n2)c1. The molecule has 0 atom stereocenters. The molecule has 0 aliphatic heterocycles. The smallest absolute Gasteiger partial charge is 0.276 e. The molecule has 3 rings (SSSR count). The molecule has 0 fully saturated rings. The summed E-state index contributed by atoms with van der Waals surface area (Å²) in [5, 5.41) is 9.48. The molecule has 0 spiro atoms. The Morgan fingerprint density at radius 1 is 1.19 bits per heavy atom. The van der Waals surface area contributed by atoms with Crippen LogP contribution in [0, 0.1) is 5.82 Å². The van der Waals surface area contributed by atoms with Crippen molar-refractivity contribution in [3.05, 3.63) is 59.0 Å². The van der Waals surface area contributed by atoms with Gasteiger partial charge in [-0.3, -0.25) is 9.89 Å². The Bertz CT molecular complexity index is 938. The molecule has 1 aromatic heterocycles. The van der Waals surface area contributed by atoms with E-state index in [1.807, 2.05) is 0 Å². The van der Waals surface area contributed by atoms with Crippen molar-refractivity contribution >= 4 is 23.2 Å². The Hall–Kier alpha value is -3.06. The van der Waals surface area contributed by atoms with Gasteiger partial charge in [-0.05, 0) is 30.3 Å². The zero-order valence-electron chi connectivity index (χ0n) is 14.0. The van der Waals surface area contributed by atoms with E-state index in [-0.39, 0.29) is 16.3 Å². The van der Waals surface area contributed by atoms with E-state index in [9.17, 15) is 9.18 Å². The van der Waals surface area contributed by atoms with Crippen molar-refractivity contribution in [1.29, 1.82) is 0 Å². The molecule has 8 heteroatoms. The second-order valence-electron chi connectivity index (χ2n) is 5.28. The van der Waals surface area contributed by atoms with E-state index >= 15 is 0 Å². The van der Waals surface area contributed by atoms with Crippen LogP contribution in [0.4, 0.5) is 10.1 Å². The summed E-state index contributed by atoms with van der Waals surface area (Å²) in [5.74, 6) is 0.0168. The number of carbonyl (C=O) groups excluding carboxylic acids is 1. The topological polar surface area (TPSA) is 76.2 Å². The maximum absolute atomic E-state index is 14.0. The first-order valence-electron chi connectivity index (χ1n) is 7.56. The number of aromatic amines is 1. The molecule has 0 saturated heterocycles. The van der Waals surface area contributed by atoms with Crippen LogP contribution in [0.2, 0.25) is 5.02 Å². The van der Waals surface area contributed by atoms with Crippen LogP contribution in [-0.2, 0) is 0 Å². The molecule has 1 amide bonds. The van der Waals surface area contributed by atoms with Crippen LogP contribution in [0.15, 0.2) is 42.5 Å².